The van der Waals surface area contributed by atoms with Gasteiger partial charge in [-0.25, -0.2) is 0 Å². The summed E-state index contributed by atoms with van der Waals surface area (Å²) in [5.41, 5.74) is 7.74. The van der Waals surface area contributed by atoms with E-state index in [0.717, 1.165) is 18.4 Å². The number of carbonyl (C=O) groups is 2. The molecule has 1 aromatic rings. The lowest BCUT2D eigenvalue weighted by molar-refractivity contribution is 0.0899. The number of halogens is 1. The highest BCUT2D eigenvalue weighted by atomic mass is 35.5. The molecular formula is C17H24ClN3O2. The zero-order chi connectivity index (χ0) is 15.5. The number of nitrogens with two attached hydrogens (primary N) is 1. The zero-order valence-electron chi connectivity index (χ0n) is 13.1. The van der Waals surface area contributed by atoms with Gasteiger partial charge in [0.25, 0.3) is 11.8 Å². The van der Waals surface area contributed by atoms with Crippen LogP contribution in [-0.4, -0.2) is 24.4 Å². The molecule has 5 nitrogen and oxygen atoms in total. The van der Waals surface area contributed by atoms with Crippen molar-refractivity contribution in [3.63, 3.8) is 0 Å². The van der Waals surface area contributed by atoms with Crippen LogP contribution in [0, 0.1) is 5.92 Å². The molecule has 1 heterocycles. The molecule has 4 N–H and O–H groups in total. The summed E-state index contributed by atoms with van der Waals surface area (Å²) >= 11 is 0. The number of amides is 2. The van der Waals surface area contributed by atoms with E-state index < -0.39 is 0 Å². The second kappa shape index (κ2) is 7.79. The Bertz CT molecular complexity index is 585. The molecular weight excluding hydrogens is 314 g/mol. The van der Waals surface area contributed by atoms with E-state index in [4.69, 9.17) is 5.73 Å². The van der Waals surface area contributed by atoms with Gasteiger partial charge in [-0.05, 0) is 30.4 Å². The molecule has 1 fully saturated rings. The number of hydrogen-bond donors (Lipinski definition) is 3. The quantitative estimate of drug-likeness (QED) is 0.785. The number of nitrogens with one attached hydrogen (secondary N) is 2. The number of fused-ring (bicyclic) bond motifs is 1. The molecule has 2 aliphatic rings. The van der Waals surface area contributed by atoms with Gasteiger partial charge in [-0.15, -0.1) is 12.4 Å². The Kier molecular flexibility index (Phi) is 6.02. The second-order valence-electron chi connectivity index (χ2n) is 6.24. The average Bonchev–Trinajstić information content (AvgIpc) is 2.94. The van der Waals surface area contributed by atoms with Crippen LogP contribution in [0.3, 0.4) is 0 Å². The largest absolute Gasteiger partial charge is 0.348 e. The van der Waals surface area contributed by atoms with Gasteiger partial charge in [0.1, 0.15) is 0 Å². The Balaban J connectivity index is 0.00000192. The van der Waals surface area contributed by atoms with Crippen molar-refractivity contribution in [2.45, 2.75) is 44.7 Å². The van der Waals surface area contributed by atoms with Crippen LogP contribution in [-0.2, 0) is 6.54 Å². The van der Waals surface area contributed by atoms with Gasteiger partial charge < -0.3 is 16.4 Å². The molecule has 1 aliphatic carbocycles. The lowest BCUT2D eigenvalue weighted by Crippen LogP contribution is -2.46. The summed E-state index contributed by atoms with van der Waals surface area (Å²) in [5.74, 6) is 0.103. The average molecular weight is 338 g/mol. The maximum atomic E-state index is 12.6. The SMILES string of the molecule is Cl.NCC(NC(=O)c1cccc2c1C(=O)NC2)C1CCCCC1. The van der Waals surface area contributed by atoms with Gasteiger partial charge >= 0.3 is 0 Å². The number of hydrogen-bond acceptors (Lipinski definition) is 3. The summed E-state index contributed by atoms with van der Waals surface area (Å²) in [4.78, 5) is 24.5. The molecule has 0 saturated heterocycles. The summed E-state index contributed by atoms with van der Waals surface area (Å²) in [6.07, 6.45) is 5.93. The molecule has 1 unspecified atom stereocenters. The first-order valence-corrected chi connectivity index (χ1v) is 8.11. The Morgan fingerprint density at radius 2 is 2.04 bits per heavy atom. The molecule has 6 heteroatoms. The van der Waals surface area contributed by atoms with Crippen LogP contribution in [0.4, 0.5) is 0 Å². The maximum absolute atomic E-state index is 12.6. The van der Waals surface area contributed by atoms with E-state index in [2.05, 4.69) is 10.6 Å². The van der Waals surface area contributed by atoms with Crippen molar-refractivity contribution in [3.05, 3.63) is 34.9 Å². The highest BCUT2D eigenvalue weighted by Gasteiger charge is 2.28. The second-order valence-corrected chi connectivity index (χ2v) is 6.24. The van der Waals surface area contributed by atoms with E-state index in [1.165, 1.54) is 19.3 Å². The molecule has 1 saturated carbocycles. The van der Waals surface area contributed by atoms with Crippen molar-refractivity contribution in [3.8, 4) is 0 Å². The van der Waals surface area contributed by atoms with Crippen LogP contribution in [0.1, 0.15) is 58.4 Å². The first kappa shape index (κ1) is 17.8. The minimum absolute atomic E-state index is 0. The maximum Gasteiger partial charge on any atom is 0.252 e. The Labute approximate surface area is 142 Å². The van der Waals surface area contributed by atoms with E-state index in [-0.39, 0.29) is 30.3 Å². The summed E-state index contributed by atoms with van der Waals surface area (Å²) in [6.45, 7) is 0.940. The Morgan fingerprint density at radius 3 is 2.74 bits per heavy atom. The molecule has 2 amide bonds. The topological polar surface area (TPSA) is 84.2 Å². The predicted molar refractivity (Wildman–Crippen MR) is 91.7 cm³/mol. The third-order valence-corrected chi connectivity index (χ3v) is 4.85. The minimum atomic E-state index is -0.185. The van der Waals surface area contributed by atoms with E-state index in [0.29, 0.717) is 30.1 Å². The predicted octanol–water partition coefficient (Wildman–Crippen LogP) is 1.99. The van der Waals surface area contributed by atoms with Gasteiger partial charge in [0.15, 0.2) is 0 Å². The highest BCUT2D eigenvalue weighted by Crippen LogP contribution is 2.27. The van der Waals surface area contributed by atoms with E-state index >= 15 is 0 Å². The van der Waals surface area contributed by atoms with E-state index in [1.807, 2.05) is 12.1 Å². The first-order chi connectivity index (χ1) is 10.7. The normalized spacial score (nSPS) is 18.6. The fourth-order valence-electron chi connectivity index (χ4n) is 3.62. The minimum Gasteiger partial charge on any atom is -0.348 e. The van der Waals surface area contributed by atoms with E-state index in [9.17, 15) is 9.59 Å². The highest BCUT2D eigenvalue weighted by molar-refractivity contribution is 6.09. The Morgan fingerprint density at radius 1 is 1.30 bits per heavy atom. The molecule has 1 aliphatic heterocycles. The number of carbonyl (C=O) groups excluding carboxylic acids is 2. The standard InChI is InChI=1S/C17H23N3O2.ClH/c18-9-14(11-5-2-1-3-6-11)20-16(21)13-8-4-7-12-10-19-17(22)15(12)13;/h4,7-8,11,14H,1-3,5-6,9-10,18H2,(H,19,22)(H,20,21);1H. The summed E-state index contributed by atoms with van der Waals surface area (Å²) in [7, 11) is 0. The lowest BCUT2D eigenvalue weighted by Gasteiger charge is -2.30. The van der Waals surface area contributed by atoms with Crippen LogP contribution in [0.5, 0.6) is 0 Å². The van der Waals surface area contributed by atoms with Crippen molar-refractivity contribution >= 4 is 24.2 Å². The van der Waals surface area contributed by atoms with Gasteiger partial charge in [0.2, 0.25) is 0 Å². The van der Waals surface area contributed by atoms with Crippen LogP contribution in [0.2, 0.25) is 0 Å². The van der Waals surface area contributed by atoms with Crippen LogP contribution in [0.15, 0.2) is 18.2 Å². The van der Waals surface area contributed by atoms with Crippen molar-refractivity contribution in [2.75, 3.05) is 6.54 Å². The molecule has 1 atom stereocenters. The molecule has 126 valence electrons. The monoisotopic (exact) mass is 337 g/mol. The molecule has 0 aromatic heterocycles. The third kappa shape index (κ3) is 3.67. The van der Waals surface area contributed by atoms with Gasteiger partial charge in [-0.3, -0.25) is 9.59 Å². The van der Waals surface area contributed by atoms with Gasteiger partial charge in [0, 0.05) is 19.1 Å². The third-order valence-electron chi connectivity index (χ3n) is 4.85. The summed E-state index contributed by atoms with van der Waals surface area (Å²) in [5, 5.41) is 5.83. The van der Waals surface area contributed by atoms with Gasteiger partial charge in [-0.1, -0.05) is 31.4 Å². The fraction of sp³-hybridized carbons (Fsp3) is 0.529. The van der Waals surface area contributed by atoms with Crippen molar-refractivity contribution in [1.29, 1.82) is 0 Å². The molecule has 0 bridgehead atoms. The van der Waals surface area contributed by atoms with Gasteiger partial charge in [-0.2, -0.15) is 0 Å². The Hall–Kier alpha value is -1.59. The fourth-order valence-corrected chi connectivity index (χ4v) is 3.62. The molecule has 23 heavy (non-hydrogen) atoms. The van der Waals surface area contributed by atoms with Crippen molar-refractivity contribution in [2.24, 2.45) is 11.7 Å². The zero-order valence-corrected chi connectivity index (χ0v) is 14.0. The van der Waals surface area contributed by atoms with Crippen molar-refractivity contribution < 1.29 is 9.59 Å². The number of benzene rings is 1. The molecule has 0 radical (unpaired) electrons. The molecule has 1 aromatic carbocycles. The lowest BCUT2D eigenvalue weighted by atomic mass is 9.83. The number of rotatable bonds is 4. The van der Waals surface area contributed by atoms with Crippen LogP contribution < -0.4 is 16.4 Å². The first-order valence-electron chi connectivity index (χ1n) is 8.11. The summed E-state index contributed by atoms with van der Waals surface area (Å²) in [6, 6.07) is 5.42. The van der Waals surface area contributed by atoms with E-state index in [1.54, 1.807) is 6.07 Å². The van der Waals surface area contributed by atoms with Crippen LogP contribution in [0.25, 0.3) is 0 Å². The smallest absolute Gasteiger partial charge is 0.252 e. The molecule has 3 rings (SSSR count). The van der Waals surface area contributed by atoms with Gasteiger partial charge in [0.05, 0.1) is 11.1 Å². The summed E-state index contributed by atoms with van der Waals surface area (Å²) < 4.78 is 0. The van der Waals surface area contributed by atoms with Crippen LogP contribution >= 0.6 is 12.4 Å². The van der Waals surface area contributed by atoms with Crippen molar-refractivity contribution in [1.82, 2.24) is 10.6 Å². The molecule has 0 spiro atoms.